The van der Waals surface area contributed by atoms with Gasteiger partial charge in [0.25, 0.3) is 0 Å². The smallest absolute Gasteiger partial charge is 0.0730 e. The van der Waals surface area contributed by atoms with E-state index in [0.717, 1.165) is 25.6 Å². The molecule has 0 spiro atoms. The molecule has 1 aliphatic heterocycles. The van der Waals surface area contributed by atoms with Crippen LogP contribution in [0.2, 0.25) is 0 Å². The second kappa shape index (κ2) is 6.39. The quantitative estimate of drug-likeness (QED) is 0.882. The highest BCUT2D eigenvalue weighted by atomic mass is 79.9. The minimum absolute atomic E-state index is 0.151. The van der Waals surface area contributed by atoms with Gasteiger partial charge in [-0.05, 0) is 68.2 Å². The van der Waals surface area contributed by atoms with Gasteiger partial charge in [-0.15, -0.1) is 0 Å². The van der Waals surface area contributed by atoms with Crippen LogP contribution in [0.4, 0.5) is 0 Å². The zero-order valence-corrected chi connectivity index (χ0v) is 14.8. The second-order valence-electron chi connectivity index (χ2n) is 6.85. The van der Waals surface area contributed by atoms with Crippen LogP contribution in [0.3, 0.4) is 0 Å². The van der Waals surface area contributed by atoms with E-state index in [9.17, 15) is 0 Å². The molecule has 0 aromatic carbocycles. The minimum atomic E-state index is 0.151. The summed E-state index contributed by atoms with van der Waals surface area (Å²) in [6.07, 6.45) is 9.94. The molecule has 4 nitrogen and oxygen atoms in total. The van der Waals surface area contributed by atoms with Crippen LogP contribution >= 0.6 is 15.9 Å². The third kappa shape index (κ3) is 3.20. The van der Waals surface area contributed by atoms with Crippen molar-refractivity contribution >= 4 is 15.9 Å². The maximum atomic E-state index is 4.65. The Morgan fingerprint density at radius 2 is 2.19 bits per heavy atom. The molecule has 2 heterocycles. The maximum Gasteiger partial charge on any atom is 0.0730 e. The Kier molecular flexibility index (Phi) is 4.71. The van der Waals surface area contributed by atoms with Crippen molar-refractivity contribution in [3.63, 3.8) is 0 Å². The van der Waals surface area contributed by atoms with Gasteiger partial charge >= 0.3 is 0 Å². The summed E-state index contributed by atoms with van der Waals surface area (Å²) in [6.45, 7) is 3.13. The van der Waals surface area contributed by atoms with Crippen molar-refractivity contribution in [1.29, 1.82) is 0 Å². The summed E-state index contributed by atoms with van der Waals surface area (Å²) >= 11 is 3.78. The summed E-state index contributed by atoms with van der Waals surface area (Å²) in [7, 11) is 4.25. The van der Waals surface area contributed by atoms with E-state index in [2.05, 4.69) is 50.0 Å². The third-order valence-electron chi connectivity index (χ3n) is 4.94. The Morgan fingerprint density at radius 3 is 2.90 bits per heavy atom. The SMILES string of the molecule is CN(C)CCn1ncc(Br)c1C1(C2CC2)CCCCCN1. The van der Waals surface area contributed by atoms with Gasteiger partial charge in [-0.2, -0.15) is 5.10 Å². The highest BCUT2D eigenvalue weighted by Crippen LogP contribution is 2.50. The Morgan fingerprint density at radius 1 is 1.38 bits per heavy atom. The van der Waals surface area contributed by atoms with Gasteiger partial charge in [-0.3, -0.25) is 4.68 Å². The number of likely N-dealkylation sites (N-methyl/N-ethyl adjacent to an activating group) is 1. The number of hydrogen-bond acceptors (Lipinski definition) is 3. The monoisotopic (exact) mass is 354 g/mol. The van der Waals surface area contributed by atoms with Crippen LogP contribution in [0.5, 0.6) is 0 Å². The van der Waals surface area contributed by atoms with E-state index in [1.807, 2.05) is 6.20 Å². The van der Waals surface area contributed by atoms with E-state index in [1.165, 1.54) is 48.7 Å². The van der Waals surface area contributed by atoms with Crippen molar-refractivity contribution in [3.05, 3.63) is 16.4 Å². The summed E-state index contributed by atoms with van der Waals surface area (Å²) in [4.78, 5) is 2.23. The van der Waals surface area contributed by atoms with Crippen molar-refractivity contribution < 1.29 is 0 Å². The van der Waals surface area contributed by atoms with Crippen LogP contribution in [0, 0.1) is 5.92 Å². The normalized spacial score (nSPS) is 27.0. The molecule has 0 bridgehead atoms. The maximum absolute atomic E-state index is 4.65. The van der Waals surface area contributed by atoms with E-state index >= 15 is 0 Å². The van der Waals surface area contributed by atoms with Crippen molar-refractivity contribution in [3.8, 4) is 0 Å². The Hall–Kier alpha value is -0.390. The summed E-state index contributed by atoms with van der Waals surface area (Å²) in [6, 6.07) is 0. The van der Waals surface area contributed by atoms with Crippen molar-refractivity contribution in [2.45, 2.75) is 50.6 Å². The lowest BCUT2D eigenvalue weighted by atomic mass is 9.84. The first-order valence-electron chi connectivity index (χ1n) is 8.25. The van der Waals surface area contributed by atoms with Gasteiger partial charge in [0.1, 0.15) is 0 Å². The molecule has 0 radical (unpaired) electrons. The molecule has 1 atom stereocenters. The zero-order chi connectivity index (χ0) is 14.9. The molecule has 2 fully saturated rings. The number of nitrogens with zero attached hydrogens (tertiary/aromatic N) is 3. The molecule has 1 saturated carbocycles. The summed E-state index contributed by atoms with van der Waals surface area (Å²) < 4.78 is 3.42. The standard InChI is InChI=1S/C16H27BrN4/c1-20(2)10-11-21-15(14(17)12-19-21)16(13-6-7-13)8-4-3-5-9-18-16/h12-13,18H,3-11H2,1-2H3. The minimum Gasteiger partial charge on any atom is -0.308 e. The summed E-state index contributed by atoms with van der Waals surface area (Å²) in [5.74, 6) is 0.793. The topological polar surface area (TPSA) is 33.1 Å². The average molecular weight is 355 g/mol. The van der Waals surface area contributed by atoms with Crippen LogP contribution in [-0.2, 0) is 12.1 Å². The predicted molar refractivity (Wildman–Crippen MR) is 89.4 cm³/mol. The van der Waals surface area contributed by atoms with E-state index in [0.29, 0.717) is 0 Å². The average Bonchev–Trinajstić information content (AvgIpc) is 3.24. The van der Waals surface area contributed by atoms with Crippen molar-refractivity contribution in [1.82, 2.24) is 20.0 Å². The Labute approximate surface area is 136 Å². The molecule has 1 aromatic heterocycles. The first-order valence-corrected chi connectivity index (χ1v) is 9.04. The van der Waals surface area contributed by atoms with Gasteiger partial charge in [0.05, 0.1) is 28.4 Å². The number of aromatic nitrogens is 2. The molecule has 1 aromatic rings. The highest BCUT2D eigenvalue weighted by molar-refractivity contribution is 9.10. The summed E-state index contributed by atoms with van der Waals surface area (Å²) in [5.41, 5.74) is 1.55. The fraction of sp³-hybridized carbons (Fsp3) is 0.812. The fourth-order valence-electron chi connectivity index (χ4n) is 3.70. The highest BCUT2D eigenvalue weighted by Gasteiger charge is 2.49. The molecule has 1 saturated heterocycles. The van der Waals surface area contributed by atoms with Gasteiger partial charge < -0.3 is 10.2 Å². The molecule has 118 valence electrons. The van der Waals surface area contributed by atoms with Crippen LogP contribution in [-0.4, -0.2) is 41.9 Å². The zero-order valence-electron chi connectivity index (χ0n) is 13.2. The molecule has 3 rings (SSSR count). The molecule has 1 N–H and O–H groups in total. The molecule has 21 heavy (non-hydrogen) atoms. The lowest BCUT2D eigenvalue weighted by Crippen LogP contribution is -2.46. The Bertz CT molecular complexity index is 471. The molecular weight excluding hydrogens is 328 g/mol. The first-order chi connectivity index (χ1) is 10.1. The first kappa shape index (κ1) is 15.5. The fourth-order valence-corrected chi connectivity index (χ4v) is 4.35. The van der Waals surface area contributed by atoms with Crippen molar-refractivity contribution in [2.24, 2.45) is 5.92 Å². The van der Waals surface area contributed by atoms with Gasteiger partial charge in [0.15, 0.2) is 0 Å². The van der Waals surface area contributed by atoms with Crippen LogP contribution < -0.4 is 5.32 Å². The number of hydrogen-bond donors (Lipinski definition) is 1. The van der Waals surface area contributed by atoms with Gasteiger partial charge in [-0.25, -0.2) is 0 Å². The largest absolute Gasteiger partial charge is 0.308 e. The number of halogens is 1. The van der Waals surface area contributed by atoms with E-state index in [4.69, 9.17) is 0 Å². The number of nitrogens with one attached hydrogen (secondary N) is 1. The van der Waals surface area contributed by atoms with E-state index in [1.54, 1.807) is 0 Å². The van der Waals surface area contributed by atoms with Crippen molar-refractivity contribution in [2.75, 3.05) is 27.2 Å². The third-order valence-corrected chi connectivity index (χ3v) is 5.52. The number of rotatable bonds is 5. The van der Waals surface area contributed by atoms with Gasteiger partial charge in [0, 0.05) is 6.54 Å². The van der Waals surface area contributed by atoms with E-state index < -0.39 is 0 Å². The van der Waals surface area contributed by atoms with Gasteiger partial charge in [-0.1, -0.05) is 12.8 Å². The Balaban J connectivity index is 1.93. The van der Waals surface area contributed by atoms with Crippen LogP contribution in [0.1, 0.15) is 44.2 Å². The van der Waals surface area contributed by atoms with Crippen LogP contribution in [0.15, 0.2) is 10.7 Å². The molecule has 5 heteroatoms. The molecular formula is C16H27BrN4. The van der Waals surface area contributed by atoms with Crippen LogP contribution in [0.25, 0.3) is 0 Å². The molecule has 1 unspecified atom stereocenters. The predicted octanol–water partition coefficient (Wildman–Crippen LogP) is 2.98. The lowest BCUT2D eigenvalue weighted by molar-refractivity contribution is 0.250. The lowest BCUT2D eigenvalue weighted by Gasteiger charge is -2.35. The van der Waals surface area contributed by atoms with Gasteiger partial charge in [0.2, 0.25) is 0 Å². The summed E-state index contributed by atoms with van der Waals surface area (Å²) in [5, 5.41) is 8.58. The molecule has 1 aliphatic carbocycles. The second-order valence-corrected chi connectivity index (χ2v) is 7.70. The van der Waals surface area contributed by atoms with E-state index in [-0.39, 0.29) is 5.54 Å². The molecule has 2 aliphatic rings. The molecule has 0 amide bonds.